The van der Waals surface area contributed by atoms with Crippen molar-refractivity contribution in [2.45, 2.75) is 40.0 Å². The normalized spacial score (nSPS) is 11.4. The molecule has 0 aliphatic rings. The van der Waals surface area contributed by atoms with Crippen molar-refractivity contribution in [3.63, 3.8) is 0 Å². The summed E-state index contributed by atoms with van der Waals surface area (Å²) in [7, 11) is -3.99. The van der Waals surface area contributed by atoms with Gasteiger partial charge in [-0.25, -0.2) is 0 Å². The highest BCUT2D eigenvalue weighted by molar-refractivity contribution is 7.56. The molecule has 0 aliphatic heterocycles. The van der Waals surface area contributed by atoms with Crippen LogP contribution in [0, 0.1) is 0 Å². The fourth-order valence-corrected chi connectivity index (χ4v) is 2.46. The van der Waals surface area contributed by atoms with Crippen LogP contribution >= 0.6 is 7.60 Å². The molecule has 0 atom stereocenters. The Kier molecular flexibility index (Phi) is 4.76. The summed E-state index contributed by atoms with van der Waals surface area (Å²) in [5.41, 5.74) is 0.894. The Morgan fingerprint density at radius 2 is 1.50 bits per heavy atom. The van der Waals surface area contributed by atoms with Gasteiger partial charge in [0.2, 0.25) is 0 Å². The number of hydrogen-bond donors (Lipinski definition) is 2. The van der Waals surface area contributed by atoms with Crippen LogP contribution in [-0.2, 0) is 4.57 Å². The van der Waals surface area contributed by atoms with Gasteiger partial charge in [-0.1, -0.05) is 26.3 Å². The maximum atomic E-state index is 11.0. The molecule has 0 saturated heterocycles. The molecule has 0 rings (SSSR count). The van der Waals surface area contributed by atoms with E-state index >= 15 is 0 Å². The summed E-state index contributed by atoms with van der Waals surface area (Å²) in [6, 6.07) is 0. The number of hydrogen-bond acceptors (Lipinski definition) is 1. The van der Waals surface area contributed by atoms with Crippen LogP contribution in [0.4, 0.5) is 0 Å². The average Bonchev–Trinajstić information content (AvgIpc) is 1.97. The molecule has 0 aliphatic carbocycles. The zero-order valence-electron chi connectivity index (χ0n) is 7.87. The lowest BCUT2D eigenvalue weighted by atomic mass is 10.1. The summed E-state index contributed by atoms with van der Waals surface area (Å²) < 4.78 is 11.0. The van der Waals surface area contributed by atoms with Gasteiger partial charge in [0.25, 0.3) is 0 Å². The molecule has 0 bridgehead atoms. The average molecular weight is 192 g/mol. The van der Waals surface area contributed by atoms with E-state index in [1.54, 1.807) is 6.92 Å². The minimum absolute atomic E-state index is 0.326. The molecule has 0 aromatic carbocycles. The minimum atomic E-state index is -3.99. The third-order valence-electron chi connectivity index (χ3n) is 1.95. The SMILES string of the molecule is CCC(CC)=C(CC)P(=O)(O)O. The van der Waals surface area contributed by atoms with E-state index in [0.29, 0.717) is 11.7 Å². The predicted octanol–water partition coefficient (Wildman–Crippen LogP) is 2.65. The van der Waals surface area contributed by atoms with E-state index in [1.165, 1.54) is 0 Å². The molecule has 0 amide bonds. The van der Waals surface area contributed by atoms with E-state index in [4.69, 9.17) is 9.79 Å². The summed E-state index contributed by atoms with van der Waals surface area (Å²) in [5, 5.41) is 0.326. The van der Waals surface area contributed by atoms with Crippen molar-refractivity contribution in [2.75, 3.05) is 0 Å². The van der Waals surface area contributed by atoms with Crippen LogP contribution in [0.1, 0.15) is 40.0 Å². The van der Waals surface area contributed by atoms with Crippen molar-refractivity contribution in [1.29, 1.82) is 0 Å². The molecule has 0 spiro atoms. The largest absolute Gasteiger partial charge is 0.352 e. The van der Waals surface area contributed by atoms with Crippen LogP contribution in [0.3, 0.4) is 0 Å². The molecule has 0 radical (unpaired) electrons. The Hall–Kier alpha value is -0.110. The van der Waals surface area contributed by atoms with Crippen LogP contribution in [0.15, 0.2) is 10.9 Å². The first-order chi connectivity index (χ1) is 5.47. The third kappa shape index (κ3) is 3.10. The summed E-state index contributed by atoms with van der Waals surface area (Å²) in [6.45, 7) is 5.62. The van der Waals surface area contributed by atoms with Gasteiger partial charge in [0.1, 0.15) is 0 Å². The molecule has 72 valence electrons. The summed E-state index contributed by atoms with van der Waals surface area (Å²) >= 11 is 0. The van der Waals surface area contributed by atoms with E-state index in [2.05, 4.69) is 0 Å². The van der Waals surface area contributed by atoms with Crippen molar-refractivity contribution in [3.8, 4) is 0 Å². The fraction of sp³-hybridized carbons (Fsp3) is 0.750. The topological polar surface area (TPSA) is 57.5 Å². The van der Waals surface area contributed by atoms with Crippen LogP contribution in [-0.4, -0.2) is 9.79 Å². The monoisotopic (exact) mass is 192 g/mol. The lowest BCUT2D eigenvalue weighted by Gasteiger charge is -2.12. The lowest BCUT2D eigenvalue weighted by molar-refractivity contribution is 0.380. The highest BCUT2D eigenvalue weighted by Crippen LogP contribution is 2.49. The van der Waals surface area contributed by atoms with Gasteiger partial charge in [-0.05, 0) is 19.3 Å². The van der Waals surface area contributed by atoms with E-state index in [0.717, 1.165) is 18.4 Å². The van der Waals surface area contributed by atoms with Gasteiger partial charge in [0.05, 0.1) is 0 Å². The smallest absolute Gasteiger partial charge is 0.321 e. The fourth-order valence-electron chi connectivity index (χ4n) is 1.32. The second-order valence-corrected chi connectivity index (χ2v) is 4.28. The zero-order chi connectivity index (χ0) is 9.78. The predicted molar refractivity (Wildman–Crippen MR) is 49.9 cm³/mol. The van der Waals surface area contributed by atoms with Gasteiger partial charge in [0, 0.05) is 5.31 Å². The lowest BCUT2D eigenvalue weighted by Crippen LogP contribution is -1.91. The second kappa shape index (κ2) is 4.80. The summed E-state index contributed by atoms with van der Waals surface area (Å²) in [6.07, 6.45) is 1.90. The van der Waals surface area contributed by atoms with Crippen molar-refractivity contribution in [1.82, 2.24) is 0 Å². The molecule has 12 heavy (non-hydrogen) atoms. The van der Waals surface area contributed by atoms with E-state index < -0.39 is 7.60 Å². The highest BCUT2D eigenvalue weighted by atomic mass is 31.2. The van der Waals surface area contributed by atoms with Gasteiger partial charge in [-0.15, -0.1) is 0 Å². The molecule has 2 N–H and O–H groups in total. The molecule has 0 heterocycles. The second-order valence-electron chi connectivity index (χ2n) is 2.65. The van der Waals surface area contributed by atoms with Gasteiger partial charge in [0.15, 0.2) is 0 Å². The first-order valence-electron chi connectivity index (χ1n) is 4.24. The van der Waals surface area contributed by atoms with E-state index in [9.17, 15) is 4.57 Å². The van der Waals surface area contributed by atoms with E-state index in [1.807, 2.05) is 13.8 Å². The van der Waals surface area contributed by atoms with Crippen molar-refractivity contribution in [2.24, 2.45) is 0 Å². The molecule has 0 aromatic heterocycles. The summed E-state index contributed by atoms with van der Waals surface area (Å²) in [4.78, 5) is 17.9. The Morgan fingerprint density at radius 1 is 1.08 bits per heavy atom. The molecule has 3 nitrogen and oxygen atoms in total. The highest BCUT2D eigenvalue weighted by Gasteiger charge is 2.21. The van der Waals surface area contributed by atoms with Crippen LogP contribution in [0.5, 0.6) is 0 Å². The third-order valence-corrected chi connectivity index (χ3v) is 3.28. The molecular weight excluding hydrogens is 175 g/mol. The molecule has 0 aromatic rings. The first kappa shape index (κ1) is 11.9. The minimum Gasteiger partial charge on any atom is -0.321 e. The van der Waals surface area contributed by atoms with Crippen LogP contribution in [0.25, 0.3) is 0 Å². The van der Waals surface area contributed by atoms with Gasteiger partial charge >= 0.3 is 7.60 Å². The van der Waals surface area contributed by atoms with Gasteiger partial charge in [-0.3, -0.25) is 4.57 Å². The molecule has 0 saturated carbocycles. The van der Waals surface area contributed by atoms with Crippen LogP contribution in [0.2, 0.25) is 0 Å². The molecule has 0 fully saturated rings. The first-order valence-corrected chi connectivity index (χ1v) is 5.85. The van der Waals surface area contributed by atoms with E-state index in [-0.39, 0.29) is 0 Å². The van der Waals surface area contributed by atoms with Crippen molar-refractivity contribution >= 4 is 7.60 Å². The quantitative estimate of drug-likeness (QED) is 0.673. The summed E-state index contributed by atoms with van der Waals surface area (Å²) in [5.74, 6) is 0. The molecule has 4 heteroatoms. The molecular formula is C8H17O3P. The van der Waals surface area contributed by atoms with Crippen molar-refractivity contribution < 1.29 is 14.4 Å². The maximum absolute atomic E-state index is 11.0. The standard InChI is InChI=1S/C8H17O3P/c1-4-7(5-2)8(6-3)12(9,10)11/h4-6H2,1-3H3,(H2,9,10,11). The Balaban J connectivity index is 4.96. The Morgan fingerprint density at radius 3 is 1.58 bits per heavy atom. The van der Waals surface area contributed by atoms with Crippen LogP contribution < -0.4 is 0 Å². The Bertz CT molecular complexity index is 208. The Labute approximate surface area is 73.7 Å². The maximum Gasteiger partial charge on any atom is 0.352 e. The van der Waals surface area contributed by atoms with Gasteiger partial charge in [-0.2, -0.15) is 0 Å². The molecule has 0 unspecified atom stereocenters. The zero-order valence-corrected chi connectivity index (χ0v) is 8.77. The van der Waals surface area contributed by atoms with Crippen molar-refractivity contribution in [3.05, 3.63) is 10.9 Å². The number of rotatable bonds is 4. The number of allylic oxidation sites excluding steroid dienone is 2. The van der Waals surface area contributed by atoms with Gasteiger partial charge < -0.3 is 9.79 Å².